The molecule has 3 aromatic carbocycles. The Balaban J connectivity index is 1.45. The highest BCUT2D eigenvalue weighted by Crippen LogP contribution is 2.29. The summed E-state index contributed by atoms with van der Waals surface area (Å²) >= 11 is 1.33. The number of hydrogen-bond donors (Lipinski definition) is 1. The van der Waals surface area contributed by atoms with Gasteiger partial charge in [0.1, 0.15) is 5.82 Å². The van der Waals surface area contributed by atoms with Crippen molar-refractivity contribution in [1.82, 2.24) is 4.98 Å². The predicted molar refractivity (Wildman–Crippen MR) is 126 cm³/mol. The third-order valence-electron chi connectivity index (χ3n) is 5.16. The fraction of sp³-hybridized carbons (Fsp3) is 0.120. The summed E-state index contributed by atoms with van der Waals surface area (Å²) in [6.07, 6.45) is 2.32. The van der Waals surface area contributed by atoms with Gasteiger partial charge in [0.25, 0.3) is 5.69 Å². The van der Waals surface area contributed by atoms with Crippen molar-refractivity contribution in [3.63, 3.8) is 0 Å². The van der Waals surface area contributed by atoms with Crippen molar-refractivity contribution in [3.05, 3.63) is 123 Å². The van der Waals surface area contributed by atoms with Crippen LogP contribution in [-0.4, -0.2) is 15.8 Å². The topological polar surface area (TPSA) is 85.1 Å². The number of nitro groups is 1. The largest absolute Gasteiger partial charge is 0.302 e. The standard InChI is InChI=1S/C25H20FN3O3S/c26-20-11-9-19(10-12-20)23(18-6-2-1-3-7-18)15-24(30)28-25-27-16-22(33-25)14-17-5-4-8-21(13-17)29(31)32/h1-13,16,23H,14-15H2,(H,27,28,30). The van der Waals surface area contributed by atoms with Gasteiger partial charge in [-0.3, -0.25) is 14.9 Å². The molecular formula is C25H20FN3O3S. The lowest BCUT2D eigenvalue weighted by atomic mass is 9.88. The van der Waals surface area contributed by atoms with Crippen molar-refractivity contribution >= 4 is 28.1 Å². The summed E-state index contributed by atoms with van der Waals surface area (Å²) in [7, 11) is 0. The molecule has 0 aliphatic heterocycles. The number of aromatic nitrogens is 1. The van der Waals surface area contributed by atoms with E-state index in [-0.39, 0.29) is 29.8 Å². The Labute approximate surface area is 193 Å². The summed E-state index contributed by atoms with van der Waals surface area (Å²) in [5.41, 5.74) is 2.65. The third kappa shape index (κ3) is 5.87. The van der Waals surface area contributed by atoms with Gasteiger partial charge in [0.15, 0.2) is 5.13 Å². The number of thiazole rings is 1. The number of nitrogens with zero attached hydrogens (tertiary/aromatic N) is 2. The van der Waals surface area contributed by atoms with Gasteiger partial charge in [0.2, 0.25) is 5.91 Å². The SMILES string of the molecule is O=C(CC(c1ccccc1)c1ccc(F)cc1)Nc1ncc(Cc2cccc([N+](=O)[O-])c2)s1. The van der Waals surface area contributed by atoms with Gasteiger partial charge in [-0.25, -0.2) is 9.37 Å². The average Bonchev–Trinajstić information content (AvgIpc) is 3.25. The number of amides is 1. The van der Waals surface area contributed by atoms with Crippen LogP contribution in [0.15, 0.2) is 85.1 Å². The van der Waals surface area contributed by atoms with E-state index < -0.39 is 4.92 Å². The van der Waals surface area contributed by atoms with E-state index in [9.17, 15) is 19.3 Å². The van der Waals surface area contributed by atoms with Crippen LogP contribution in [-0.2, 0) is 11.2 Å². The minimum Gasteiger partial charge on any atom is -0.302 e. The molecule has 0 saturated heterocycles. The molecule has 0 radical (unpaired) electrons. The number of anilines is 1. The molecule has 1 N–H and O–H groups in total. The Morgan fingerprint density at radius 3 is 2.48 bits per heavy atom. The number of halogens is 1. The second-order valence-corrected chi connectivity index (χ2v) is 8.62. The minimum atomic E-state index is -0.425. The van der Waals surface area contributed by atoms with Crippen LogP contribution in [0.5, 0.6) is 0 Å². The lowest BCUT2D eigenvalue weighted by Crippen LogP contribution is -2.16. The first kappa shape index (κ1) is 22.3. The summed E-state index contributed by atoms with van der Waals surface area (Å²) in [6.45, 7) is 0. The fourth-order valence-electron chi connectivity index (χ4n) is 3.59. The van der Waals surface area contributed by atoms with E-state index in [1.54, 1.807) is 24.4 Å². The Bertz CT molecular complexity index is 1260. The van der Waals surface area contributed by atoms with Gasteiger partial charge in [0, 0.05) is 42.0 Å². The zero-order valence-electron chi connectivity index (χ0n) is 17.5. The molecule has 1 amide bonds. The molecule has 0 fully saturated rings. The molecule has 4 aromatic rings. The van der Waals surface area contributed by atoms with Gasteiger partial charge in [-0.05, 0) is 28.8 Å². The Morgan fingerprint density at radius 1 is 1.03 bits per heavy atom. The lowest BCUT2D eigenvalue weighted by molar-refractivity contribution is -0.384. The van der Waals surface area contributed by atoms with Crippen molar-refractivity contribution in [3.8, 4) is 0 Å². The van der Waals surface area contributed by atoms with E-state index in [0.717, 1.165) is 21.6 Å². The van der Waals surface area contributed by atoms with E-state index in [1.807, 2.05) is 36.4 Å². The molecular weight excluding hydrogens is 441 g/mol. The van der Waals surface area contributed by atoms with Crippen LogP contribution in [0.2, 0.25) is 0 Å². The molecule has 1 heterocycles. The first-order chi connectivity index (χ1) is 16.0. The number of benzene rings is 3. The second kappa shape index (κ2) is 10.1. The Hall–Kier alpha value is -3.91. The molecule has 0 bridgehead atoms. The molecule has 0 spiro atoms. The van der Waals surface area contributed by atoms with E-state index >= 15 is 0 Å². The van der Waals surface area contributed by atoms with Crippen LogP contribution in [0, 0.1) is 15.9 Å². The number of non-ortho nitro benzene ring substituents is 1. The highest BCUT2D eigenvalue weighted by atomic mass is 32.1. The number of nitrogens with one attached hydrogen (secondary N) is 1. The number of carbonyl (C=O) groups is 1. The lowest BCUT2D eigenvalue weighted by Gasteiger charge is -2.17. The first-order valence-corrected chi connectivity index (χ1v) is 11.1. The molecule has 8 heteroatoms. The fourth-order valence-corrected chi connectivity index (χ4v) is 4.46. The van der Waals surface area contributed by atoms with Crippen LogP contribution >= 0.6 is 11.3 Å². The van der Waals surface area contributed by atoms with Gasteiger partial charge in [0.05, 0.1) is 4.92 Å². The van der Waals surface area contributed by atoms with E-state index in [0.29, 0.717) is 11.6 Å². The van der Waals surface area contributed by atoms with Crippen LogP contribution < -0.4 is 5.32 Å². The van der Waals surface area contributed by atoms with Crippen molar-refractivity contribution in [2.45, 2.75) is 18.8 Å². The normalized spacial score (nSPS) is 11.7. The van der Waals surface area contributed by atoms with Gasteiger partial charge in [-0.2, -0.15) is 0 Å². The highest BCUT2D eigenvalue weighted by Gasteiger charge is 2.19. The first-order valence-electron chi connectivity index (χ1n) is 10.3. The zero-order chi connectivity index (χ0) is 23.2. The number of hydrogen-bond acceptors (Lipinski definition) is 5. The molecule has 33 heavy (non-hydrogen) atoms. The molecule has 4 rings (SSSR count). The van der Waals surface area contributed by atoms with Crippen LogP contribution in [0.1, 0.15) is 33.9 Å². The average molecular weight is 462 g/mol. The summed E-state index contributed by atoms with van der Waals surface area (Å²) < 4.78 is 13.4. The van der Waals surface area contributed by atoms with E-state index in [2.05, 4.69) is 10.3 Å². The molecule has 6 nitrogen and oxygen atoms in total. The quantitative estimate of drug-likeness (QED) is 0.260. The van der Waals surface area contributed by atoms with Gasteiger partial charge in [-0.1, -0.05) is 54.6 Å². The Morgan fingerprint density at radius 2 is 1.76 bits per heavy atom. The Kier molecular flexibility index (Phi) is 6.85. The predicted octanol–water partition coefficient (Wildman–Crippen LogP) is 5.94. The van der Waals surface area contributed by atoms with Crippen molar-refractivity contribution < 1.29 is 14.1 Å². The van der Waals surface area contributed by atoms with Gasteiger partial charge < -0.3 is 5.32 Å². The highest BCUT2D eigenvalue weighted by molar-refractivity contribution is 7.15. The van der Waals surface area contributed by atoms with Crippen molar-refractivity contribution in [2.24, 2.45) is 0 Å². The van der Waals surface area contributed by atoms with Gasteiger partial charge >= 0.3 is 0 Å². The van der Waals surface area contributed by atoms with Crippen molar-refractivity contribution in [2.75, 3.05) is 5.32 Å². The molecule has 0 saturated carbocycles. The van der Waals surface area contributed by atoms with Gasteiger partial charge in [-0.15, -0.1) is 11.3 Å². The van der Waals surface area contributed by atoms with Crippen LogP contribution in [0.3, 0.4) is 0 Å². The minimum absolute atomic E-state index is 0.0401. The van der Waals surface area contributed by atoms with Crippen molar-refractivity contribution in [1.29, 1.82) is 0 Å². The maximum Gasteiger partial charge on any atom is 0.269 e. The third-order valence-corrected chi connectivity index (χ3v) is 6.08. The molecule has 166 valence electrons. The number of rotatable bonds is 8. The molecule has 0 aliphatic carbocycles. The van der Waals surface area contributed by atoms with E-state index in [1.165, 1.54) is 35.6 Å². The van der Waals surface area contributed by atoms with E-state index in [4.69, 9.17) is 0 Å². The van der Waals surface area contributed by atoms with Crippen LogP contribution in [0.4, 0.5) is 15.2 Å². The summed E-state index contributed by atoms with van der Waals surface area (Å²) in [5.74, 6) is -0.755. The maximum atomic E-state index is 13.4. The smallest absolute Gasteiger partial charge is 0.269 e. The summed E-state index contributed by atoms with van der Waals surface area (Å²) in [6, 6.07) is 22.2. The molecule has 1 aromatic heterocycles. The maximum absolute atomic E-state index is 13.4. The monoisotopic (exact) mass is 461 g/mol. The van der Waals surface area contributed by atoms with Crippen LogP contribution in [0.25, 0.3) is 0 Å². The summed E-state index contributed by atoms with van der Waals surface area (Å²) in [4.78, 5) is 28.5. The zero-order valence-corrected chi connectivity index (χ0v) is 18.3. The molecule has 1 atom stereocenters. The molecule has 0 aliphatic rings. The number of carbonyl (C=O) groups excluding carboxylic acids is 1. The molecule has 1 unspecified atom stereocenters. The second-order valence-electron chi connectivity index (χ2n) is 7.50. The number of nitro benzene ring substituents is 1. The summed E-state index contributed by atoms with van der Waals surface area (Å²) in [5, 5.41) is 14.3.